The molecule has 7 heteroatoms. The molecule has 0 saturated carbocycles. The van der Waals surface area contributed by atoms with Crippen LogP contribution in [-0.2, 0) is 17.8 Å². The molecule has 1 unspecified atom stereocenters. The predicted octanol–water partition coefficient (Wildman–Crippen LogP) is 3.05. The van der Waals surface area contributed by atoms with Crippen molar-refractivity contribution < 1.29 is 15.0 Å². The molecule has 0 aromatic heterocycles. The minimum absolute atomic E-state index is 0.0912. The molecular weight excluding hydrogens is 398 g/mol. The minimum Gasteiger partial charge on any atom is -0.506 e. The third-order valence-corrected chi connectivity index (χ3v) is 6.14. The van der Waals surface area contributed by atoms with E-state index in [1.807, 2.05) is 0 Å². The van der Waals surface area contributed by atoms with Crippen LogP contribution in [0.5, 0.6) is 5.75 Å². The molecule has 1 aliphatic heterocycles. The van der Waals surface area contributed by atoms with Crippen LogP contribution in [0.25, 0.3) is 0 Å². The van der Waals surface area contributed by atoms with Gasteiger partial charge in [0, 0.05) is 18.0 Å². The first kappa shape index (κ1) is 22.6. The molecule has 2 aromatic carbocycles. The maximum atomic E-state index is 11.1. The molecule has 0 radical (unpaired) electrons. The highest BCUT2D eigenvalue weighted by Crippen LogP contribution is 2.46. The van der Waals surface area contributed by atoms with E-state index in [4.69, 9.17) is 0 Å². The lowest BCUT2D eigenvalue weighted by Crippen LogP contribution is -2.24. The van der Waals surface area contributed by atoms with Crippen LogP contribution in [-0.4, -0.2) is 41.5 Å². The fourth-order valence-corrected chi connectivity index (χ4v) is 4.57. The van der Waals surface area contributed by atoms with Crippen molar-refractivity contribution in [3.05, 3.63) is 53.1 Å². The first-order chi connectivity index (χ1) is 14.5. The third-order valence-electron chi connectivity index (χ3n) is 4.98. The van der Waals surface area contributed by atoms with Crippen molar-refractivity contribution in [3.8, 4) is 5.75 Å². The number of carbonyl (C=O) groups is 1. The average Bonchev–Trinajstić information content (AvgIpc) is 3.17. The van der Waals surface area contributed by atoms with E-state index in [1.54, 1.807) is 12.1 Å². The van der Waals surface area contributed by atoms with Gasteiger partial charge in [-0.25, -0.2) is 0 Å². The van der Waals surface area contributed by atoms with Crippen LogP contribution in [0, 0.1) is 5.92 Å². The summed E-state index contributed by atoms with van der Waals surface area (Å²) in [6, 6.07) is 11.8. The number of aliphatic hydroxyl groups excluding tert-OH is 1. The SMILES string of the molecule is CC(C)CNCc1cccc(CCNC[C@H](O)c2ccc(O)c3c2SC(C=O)N3)c1. The van der Waals surface area contributed by atoms with Crippen LogP contribution in [0.2, 0.25) is 0 Å². The summed E-state index contributed by atoms with van der Waals surface area (Å²) in [5.74, 6) is 0.727. The molecule has 1 heterocycles. The van der Waals surface area contributed by atoms with E-state index in [0.29, 0.717) is 18.2 Å². The summed E-state index contributed by atoms with van der Waals surface area (Å²) in [6.07, 6.45) is 0.957. The molecule has 3 rings (SSSR count). The molecule has 0 aliphatic carbocycles. The van der Waals surface area contributed by atoms with Crippen LogP contribution in [0.1, 0.15) is 36.6 Å². The monoisotopic (exact) mass is 429 g/mol. The Morgan fingerprint density at radius 1 is 1.17 bits per heavy atom. The highest BCUT2D eigenvalue weighted by atomic mass is 32.2. The Balaban J connectivity index is 1.49. The fraction of sp³-hybridized carbons (Fsp3) is 0.435. The van der Waals surface area contributed by atoms with Gasteiger partial charge in [0.05, 0.1) is 11.8 Å². The summed E-state index contributed by atoms with van der Waals surface area (Å²) in [5, 5.41) is 30.0. The number of aldehydes is 1. The lowest BCUT2D eigenvalue weighted by molar-refractivity contribution is -0.107. The number of thioether (sulfide) groups is 1. The van der Waals surface area contributed by atoms with Crippen LogP contribution in [0.3, 0.4) is 0 Å². The summed E-state index contributed by atoms with van der Waals surface area (Å²) in [7, 11) is 0. The number of carbonyl (C=O) groups excluding carboxylic acids is 1. The number of rotatable bonds is 11. The number of nitrogens with one attached hydrogen (secondary N) is 3. The second kappa shape index (κ2) is 10.8. The summed E-state index contributed by atoms with van der Waals surface area (Å²) in [6.45, 7) is 7.43. The number of phenols is 1. The Labute approximate surface area is 182 Å². The van der Waals surface area contributed by atoms with Crippen molar-refractivity contribution in [1.29, 1.82) is 0 Å². The van der Waals surface area contributed by atoms with E-state index in [9.17, 15) is 15.0 Å². The first-order valence-electron chi connectivity index (χ1n) is 10.4. The van der Waals surface area contributed by atoms with Crippen molar-refractivity contribution in [2.24, 2.45) is 5.92 Å². The highest BCUT2D eigenvalue weighted by Gasteiger charge is 2.28. The van der Waals surface area contributed by atoms with Crippen LogP contribution >= 0.6 is 11.8 Å². The average molecular weight is 430 g/mol. The van der Waals surface area contributed by atoms with Crippen molar-refractivity contribution in [2.45, 2.75) is 43.2 Å². The molecular formula is C23H31N3O3S. The highest BCUT2D eigenvalue weighted by molar-refractivity contribution is 8.01. The van der Waals surface area contributed by atoms with Gasteiger partial charge in [-0.2, -0.15) is 0 Å². The Hall–Kier alpha value is -2.06. The maximum Gasteiger partial charge on any atom is 0.152 e. The quantitative estimate of drug-likeness (QED) is 0.213. The van der Waals surface area contributed by atoms with Gasteiger partial charge in [0.2, 0.25) is 0 Å². The topological polar surface area (TPSA) is 93.6 Å². The number of phenolic OH excluding ortho intramolecular Hbond substituents is 1. The van der Waals surface area contributed by atoms with Crippen molar-refractivity contribution >= 4 is 23.7 Å². The summed E-state index contributed by atoms with van der Waals surface area (Å²) in [4.78, 5) is 11.8. The fourth-order valence-electron chi connectivity index (χ4n) is 3.46. The Kier molecular flexibility index (Phi) is 8.16. The van der Waals surface area contributed by atoms with Gasteiger partial charge in [0.25, 0.3) is 0 Å². The number of fused-ring (bicyclic) bond motifs is 1. The Bertz CT molecular complexity index is 860. The Morgan fingerprint density at radius 2 is 1.97 bits per heavy atom. The first-order valence-corrected chi connectivity index (χ1v) is 11.3. The number of aromatic hydroxyl groups is 1. The normalized spacial score (nSPS) is 16.3. The number of hydrogen-bond acceptors (Lipinski definition) is 7. The third kappa shape index (κ3) is 5.98. The minimum atomic E-state index is -0.717. The molecule has 0 saturated heterocycles. The molecule has 2 aromatic rings. The smallest absolute Gasteiger partial charge is 0.152 e. The van der Waals surface area contributed by atoms with Gasteiger partial charge in [-0.3, -0.25) is 0 Å². The van der Waals surface area contributed by atoms with E-state index < -0.39 is 11.5 Å². The van der Waals surface area contributed by atoms with Gasteiger partial charge in [0.1, 0.15) is 11.1 Å². The van der Waals surface area contributed by atoms with E-state index in [0.717, 1.165) is 42.8 Å². The summed E-state index contributed by atoms with van der Waals surface area (Å²) >= 11 is 1.32. The molecule has 30 heavy (non-hydrogen) atoms. The molecule has 6 nitrogen and oxygen atoms in total. The Morgan fingerprint density at radius 3 is 2.73 bits per heavy atom. The molecule has 1 aliphatic rings. The standard InChI is InChI=1S/C23H31N3O3S/c1-15(2)11-25-12-17-5-3-4-16(10-17)8-9-24-13-20(29)18-6-7-19(28)22-23(18)30-21(14-27)26-22/h3-7,10,14-15,20-21,24-26,28-29H,8-9,11-13H2,1-2H3/t20-,21?/m0/s1. The van der Waals surface area contributed by atoms with E-state index in [1.165, 1.54) is 22.9 Å². The van der Waals surface area contributed by atoms with Gasteiger partial charge >= 0.3 is 0 Å². The summed E-state index contributed by atoms with van der Waals surface area (Å²) < 4.78 is 0. The maximum absolute atomic E-state index is 11.1. The van der Waals surface area contributed by atoms with Gasteiger partial charge in [-0.1, -0.05) is 55.9 Å². The van der Waals surface area contributed by atoms with Gasteiger partial charge in [-0.05, 0) is 48.2 Å². The van der Waals surface area contributed by atoms with Crippen molar-refractivity contribution in [2.75, 3.05) is 25.0 Å². The lowest BCUT2D eigenvalue weighted by atomic mass is 10.1. The zero-order chi connectivity index (χ0) is 21.5. The molecule has 5 N–H and O–H groups in total. The molecule has 162 valence electrons. The second-order valence-corrected chi connectivity index (χ2v) is 9.16. The number of aliphatic hydroxyl groups is 1. The number of anilines is 1. The van der Waals surface area contributed by atoms with E-state index in [2.05, 4.69) is 54.1 Å². The van der Waals surface area contributed by atoms with Crippen LogP contribution in [0.4, 0.5) is 5.69 Å². The summed E-state index contributed by atoms with van der Waals surface area (Å²) in [5.41, 5.74) is 3.79. The molecule has 0 bridgehead atoms. The number of benzene rings is 2. The lowest BCUT2D eigenvalue weighted by Gasteiger charge is -2.16. The van der Waals surface area contributed by atoms with E-state index >= 15 is 0 Å². The van der Waals surface area contributed by atoms with Crippen molar-refractivity contribution in [3.63, 3.8) is 0 Å². The van der Waals surface area contributed by atoms with Gasteiger partial charge in [-0.15, -0.1) is 0 Å². The van der Waals surface area contributed by atoms with Gasteiger partial charge < -0.3 is 31.0 Å². The van der Waals surface area contributed by atoms with Crippen LogP contribution < -0.4 is 16.0 Å². The zero-order valence-electron chi connectivity index (χ0n) is 17.5. The van der Waals surface area contributed by atoms with E-state index in [-0.39, 0.29) is 5.75 Å². The number of hydrogen-bond donors (Lipinski definition) is 5. The molecule has 2 atom stereocenters. The zero-order valence-corrected chi connectivity index (χ0v) is 18.3. The molecule has 0 fully saturated rings. The second-order valence-electron chi connectivity index (χ2n) is 8.01. The van der Waals surface area contributed by atoms with Gasteiger partial charge in [0.15, 0.2) is 6.29 Å². The predicted molar refractivity (Wildman–Crippen MR) is 122 cm³/mol. The largest absolute Gasteiger partial charge is 0.506 e. The van der Waals surface area contributed by atoms with Crippen molar-refractivity contribution in [1.82, 2.24) is 10.6 Å². The molecule has 0 amide bonds. The van der Waals surface area contributed by atoms with Crippen LogP contribution in [0.15, 0.2) is 41.3 Å². The molecule has 0 spiro atoms.